The molecule has 0 bridgehead atoms. The van der Waals surface area contributed by atoms with Gasteiger partial charge in [0.25, 0.3) is 0 Å². The molecule has 3 aromatic carbocycles. The van der Waals surface area contributed by atoms with Gasteiger partial charge in [0, 0.05) is 116 Å². The number of carbonyl (C=O) groups excluding carboxylic acids is 4. The van der Waals surface area contributed by atoms with Crippen LogP contribution < -0.4 is 20.6 Å². The van der Waals surface area contributed by atoms with Crippen LogP contribution in [0, 0.1) is 0 Å². The van der Waals surface area contributed by atoms with Crippen molar-refractivity contribution < 1.29 is 23.9 Å². The SMILES string of the molecule is COc1cc(N2CCN(CCc3cccc4c3n(C)c(=O)n4C3CCC(=O)NC3=O)CC2)ccc1-c1cc(C2=CCCN(C(=O)CCn3ccnn3)C2)cc2c1CN(C(=O)N(C)C)C2. The number of aromatic nitrogens is 5. The van der Waals surface area contributed by atoms with E-state index in [4.69, 9.17) is 4.74 Å². The number of urea groups is 1. The fourth-order valence-corrected chi connectivity index (χ4v) is 9.80. The molecule has 2 saturated heterocycles. The summed E-state index contributed by atoms with van der Waals surface area (Å²) in [6.07, 6.45) is 7.95. The zero-order valence-electron chi connectivity index (χ0n) is 37.0. The summed E-state index contributed by atoms with van der Waals surface area (Å²) in [6.45, 7) is 6.80. The van der Waals surface area contributed by atoms with Crippen molar-refractivity contribution in [2.24, 2.45) is 7.05 Å². The Labute approximate surface area is 371 Å². The van der Waals surface area contributed by atoms with Gasteiger partial charge in [0.15, 0.2) is 0 Å². The Morgan fingerprint density at radius 2 is 1.75 bits per heavy atom. The van der Waals surface area contributed by atoms with Crippen LogP contribution in [0.5, 0.6) is 5.75 Å². The molecule has 2 aromatic heterocycles. The Bertz CT molecular complexity index is 2710. The Kier molecular flexibility index (Phi) is 11.8. The van der Waals surface area contributed by atoms with Gasteiger partial charge in [-0.25, -0.2) is 9.59 Å². The van der Waals surface area contributed by atoms with Crippen LogP contribution in [0.15, 0.2) is 71.8 Å². The molecule has 334 valence electrons. The molecule has 0 radical (unpaired) electrons. The molecule has 64 heavy (non-hydrogen) atoms. The molecule has 6 heterocycles. The van der Waals surface area contributed by atoms with Crippen LogP contribution in [0.3, 0.4) is 0 Å². The minimum atomic E-state index is -0.716. The molecule has 17 heteroatoms. The van der Waals surface area contributed by atoms with Gasteiger partial charge in [0.1, 0.15) is 11.8 Å². The molecule has 5 amide bonds. The number of hydrogen-bond acceptors (Lipinski definition) is 10. The van der Waals surface area contributed by atoms with E-state index in [1.165, 1.54) is 0 Å². The normalized spacial score (nSPS) is 18.0. The summed E-state index contributed by atoms with van der Waals surface area (Å²) in [5, 5.41) is 10.2. The number of rotatable bonds is 11. The summed E-state index contributed by atoms with van der Waals surface area (Å²) in [7, 11) is 7.00. The zero-order valence-corrected chi connectivity index (χ0v) is 37.0. The quantitative estimate of drug-likeness (QED) is 0.194. The predicted molar refractivity (Wildman–Crippen MR) is 242 cm³/mol. The first kappa shape index (κ1) is 42.5. The molecule has 5 aromatic rings. The maximum absolute atomic E-state index is 13.5. The van der Waals surface area contributed by atoms with Crippen LogP contribution in [-0.4, -0.2) is 134 Å². The lowest BCUT2D eigenvalue weighted by atomic mass is 9.90. The first-order chi connectivity index (χ1) is 31.0. The summed E-state index contributed by atoms with van der Waals surface area (Å²) < 4.78 is 11.0. The van der Waals surface area contributed by atoms with E-state index in [1.807, 2.05) is 21.9 Å². The van der Waals surface area contributed by atoms with E-state index in [2.05, 4.69) is 67.9 Å². The van der Waals surface area contributed by atoms with Crippen molar-refractivity contribution in [1.82, 2.24) is 49.0 Å². The highest BCUT2D eigenvalue weighted by molar-refractivity contribution is 6.00. The summed E-state index contributed by atoms with van der Waals surface area (Å²) in [4.78, 5) is 74.9. The lowest BCUT2D eigenvalue weighted by Crippen LogP contribution is -2.47. The molecule has 0 saturated carbocycles. The number of para-hydroxylation sites is 1. The second kappa shape index (κ2) is 17.8. The smallest absolute Gasteiger partial charge is 0.329 e. The average molecular weight is 870 g/mol. The topological polar surface area (TPSA) is 163 Å². The van der Waals surface area contributed by atoms with Crippen LogP contribution in [0.4, 0.5) is 10.5 Å². The van der Waals surface area contributed by atoms with Crippen LogP contribution in [0.1, 0.15) is 54.0 Å². The van der Waals surface area contributed by atoms with E-state index in [-0.39, 0.29) is 30.0 Å². The number of nitrogens with zero attached hydrogens (tertiary/aromatic N) is 10. The van der Waals surface area contributed by atoms with Gasteiger partial charge < -0.3 is 24.3 Å². The second-order valence-corrected chi connectivity index (χ2v) is 17.4. The van der Waals surface area contributed by atoms with Gasteiger partial charge in [-0.3, -0.25) is 38.4 Å². The number of aryl methyl sites for hydroxylation is 2. The van der Waals surface area contributed by atoms with E-state index in [0.29, 0.717) is 51.1 Å². The summed E-state index contributed by atoms with van der Waals surface area (Å²) in [5.41, 5.74) is 9.66. The van der Waals surface area contributed by atoms with Gasteiger partial charge in [-0.2, -0.15) is 0 Å². The van der Waals surface area contributed by atoms with Gasteiger partial charge in [0.2, 0.25) is 17.7 Å². The molecule has 1 N–H and O–H groups in total. The number of nitrogens with one attached hydrogen (secondary N) is 1. The number of methoxy groups -OCH3 is 1. The lowest BCUT2D eigenvalue weighted by molar-refractivity contribution is -0.136. The molecule has 4 aliphatic rings. The molecule has 1 unspecified atom stereocenters. The van der Waals surface area contributed by atoms with Crippen LogP contribution in [0.25, 0.3) is 27.7 Å². The summed E-state index contributed by atoms with van der Waals surface area (Å²) in [6, 6.07) is 15.9. The molecule has 0 aliphatic carbocycles. The van der Waals surface area contributed by atoms with Crippen LogP contribution >= 0.6 is 0 Å². The van der Waals surface area contributed by atoms with E-state index in [0.717, 1.165) is 101 Å². The zero-order chi connectivity index (χ0) is 44.6. The minimum absolute atomic E-state index is 0.0438. The third-order valence-electron chi connectivity index (χ3n) is 13.2. The Morgan fingerprint density at radius 1 is 0.922 bits per heavy atom. The van der Waals surface area contributed by atoms with Crippen LogP contribution in [-0.2, 0) is 47.5 Å². The number of ether oxygens (including phenoxy) is 1. The third kappa shape index (κ3) is 8.27. The van der Waals surface area contributed by atoms with Gasteiger partial charge in [0.05, 0.1) is 30.9 Å². The highest BCUT2D eigenvalue weighted by Crippen LogP contribution is 2.42. The monoisotopic (exact) mass is 869 g/mol. The average Bonchev–Trinajstić information content (AvgIpc) is 4.06. The molecule has 4 aliphatic heterocycles. The fourth-order valence-electron chi connectivity index (χ4n) is 9.80. The number of anilines is 1. The lowest BCUT2D eigenvalue weighted by Gasteiger charge is -2.36. The number of hydrogen-bond donors (Lipinski definition) is 1. The maximum Gasteiger partial charge on any atom is 0.329 e. The number of carbonyl (C=O) groups is 4. The van der Waals surface area contributed by atoms with E-state index in [1.54, 1.807) is 59.4 Å². The van der Waals surface area contributed by atoms with Crippen LogP contribution in [0.2, 0.25) is 0 Å². The summed E-state index contributed by atoms with van der Waals surface area (Å²) in [5.74, 6) is 0.0856. The number of imide groups is 1. The number of piperazine rings is 1. The number of fused-ring (bicyclic) bond motifs is 2. The van der Waals surface area contributed by atoms with Gasteiger partial charge in [-0.1, -0.05) is 23.4 Å². The molecule has 17 nitrogen and oxygen atoms in total. The van der Waals surface area contributed by atoms with Crippen molar-refractivity contribution in [2.45, 2.75) is 57.8 Å². The Hall–Kier alpha value is -6.75. The van der Waals surface area contributed by atoms with Crippen molar-refractivity contribution >= 4 is 46.0 Å². The van der Waals surface area contributed by atoms with Gasteiger partial charge in [-0.15, -0.1) is 5.10 Å². The molecule has 1 atom stereocenters. The van der Waals surface area contributed by atoms with E-state index < -0.39 is 11.9 Å². The maximum atomic E-state index is 13.5. The highest BCUT2D eigenvalue weighted by Gasteiger charge is 2.33. The van der Waals surface area contributed by atoms with Crippen molar-refractivity contribution in [1.29, 1.82) is 0 Å². The highest BCUT2D eigenvalue weighted by atomic mass is 16.5. The standard InChI is InChI=1S/C47H55N11O6/c1-51(2)46(62)56-29-34-25-33(32-8-6-17-55(28-32)43(60)15-19-57-20-16-48-50-57)26-37(38(34)30-56)36-11-10-35(27-41(36)64-4)54-23-21-53(22-24-54)18-14-31-7-5-9-39-44(31)52(3)47(63)58(39)40-12-13-42(59)49-45(40)61/h5,7-11,16,20,25-27,40H,6,12-15,17-19,21-24,28-30H2,1-4H3,(H,49,59,61). The van der Waals surface area contributed by atoms with Crippen molar-refractivity contribution in [3.05, 3.63) is 99.7 Å². The largest absolute Gasteiger partial charge is 0.496 e. The number of piperidine rings is 1. The summed E-state index contributed by atoms with van der Waals surface area (Å²) >= 11 is 0. The van der Waals surface area contributed by atoms with Crippen molar-refractivity contribution in [2.75, 3.05) is 71.9 Å². The molecular weight excluding hydrogens is 815 g/mol. The van der Waals surface area contributed by atoms with Gasteiger partial charge >= 0.3 is 11.7 Å². The van der Waals surface area contributed by atoms with E-state index >= 15 is 0 Å². The van der Waals surface area contributed by atoms with Crippen molar-refractivity contribution in [3.8, 4) is 16.9 Å². The predicted octanol–water partition coefficient (Wildman–Crippen LogP) is 3.65. The number of benzene rings is 3. The third-order valence-corrected chi connectivity index (χ3v) is 13.2. The fraction of sp³-hybridized carbons (Fsp3) is 0.426. The van der Waals surface area contributed by atoms with E-state index in [9.17, 15) is 24.0 Å². The van der Waals surface area contributed by atoms with Gasteiger partial charge in [-0.05, 0) is 83.0 Å². The van der Waals surface area contributed by atoms with Crippen molar-refractivity contribution in [3.63, 3.8) is 0 Å². The molecular formula is C47H55N11O6. The molecule has 2 fully saturated rings. The second-order valence-electron chi connectivity index (χ2n) is 17.4. The first-order valence-electron chi connectivity index (χ1n) is 22.1. The number of amides is 5. The Balaban J connectivity index is 0.906. The first-order valence-corrected chi connectivity index (χ1v) is 22.1. The minimum Gasteiger partial charge on any atom is -0.496 e. The Morgan fingerprint density at radius 3 is 2.50 bits per heavy atom. The number of imidazole rings is 1. The molecule has 9 rings (SSSR count). The molecule has 0 spiro atoms.